The van der Waals surface area contributed by atoms with Gasteiger partial charge in [0, 0.05) is 27.2 Å². The van der Waals surface area contributed by atoms with Crippen molar-refractivity contribution in [2.45, 2.75) is 12.1 Å². The van der Waals surface area contributed by atoms with Crippen LogP contribution in [-0.4, -0.2) is 30.0 Å². The molecule has 11 heteroatoms. The number of imide groups is 1. The summed E-state index contributed by atoms with van der Waals surface area (Å²) in [6, 6.07) is 16.7. The van der Waals surface area contributed by atoms with Gasteiger partial charge in [0.05, 0.1) is 29.4 Å². The second kappa shape index (κ2) is 8.95. The summed E-state index contributed by atoms with van der Waals surface area (Å²) in [5.41, 5.74) is 1.15. The van der Waals surface area contributed by atoms with Crippen molar-refractivity contribution in [3.8, 4) is 5.75 Å². The number of non-ortho nitro benzene ring substituents is 1. The quantitative estimate of drug-likeness (QED) is 0.245. The first-order valence-electron chi connectivity index (χ1n) is 10.5. The number of nitrogens with zero attached hydrogens (tertiary/aromatic N) is 3. The second-order valence-electron chi connectivity index (χ2n) is 7.97. The van der Waals surface area contributed by atoms with Crippen LogP contribution in [0.3, 0.4) is 0 Å². The van der Waals surface area contributed by atoms with E-state index in [4.69, 9.17) is 21.2 Å². The highest BCUT2D eigenvalue weighted by atomic mass is 79.9. The minimum absolute atomic E-state index is 0.149. The Labute approximate surface area is 213 Å². The minimum Gasteiger partial charge on any atom is -0.496 e. The fraction of sp³-hybridized carbons (Fsp3) is 0.167. The maximum absolute atomic E-state index is 13.7. The van der Waals surface area contributed by atoms with Gasteiger partial charge in [-0.3, -0.25) is 24.5 Å². The zero-order valence-corrected chi connectivity index (χ0v) is 20.5. The summed E-state index contributed by atoms with van der Waals surface area (Å²) in [6.07, 6.45) is -1.13. The lowest BCUT2D eigenvalue weighted by Crippen LogP contribution is -2.37. The summed E-state index contributed by atoms with van der Waals surface area (Å²) >= 11 is 9.43. The third-order valence-corrected chi connectivity index (χ3v) is 6.75. The predicted octanol–water partition coefficient (Wildman–Crippen LogP) is 5.07. The number of benzene rings is 3. The summed E-state index contributed by atoms with van der Waals surface area (Å²) in [6.45, 7) is 0. The number of carbonyl (C=O) groups excluding carboxylic acids is 2. The number of anilines is 2. The molecule has 2 saturated heterocycles. The van der Waals surface area contributed by atoms with E-state index in [-0.39, 0.29) is 5.69 Å². The lowest BCUT2D eigenvalue weighted by atomic mass is 9.90. The number of hydrogen-bond acceptors (Lipinski definition) is 7. The maximum Gasteiger partial charge on any atom is 0.271 e. The van der Waals surface area contributed by atoms with Crippen LogP contribution in [-0.2, 0) is 14.4 Å². The van der Waals surface area contributed by atoms with Crippen LogP contribution in [0.5, 0.6) is 5.75 Å². The summed E-state index contributed by atoms with van der Waals surface area (Å²) in [7, 11) is 1.50. The molecule has 0 aliphatic carbocycles. The van der Waals surface area contributed by atoms with Crippen molar-refractivity contribution in [1.82, 2.24) is 0 Å². The van der Waals surface area contributed by atoms with E-state index in [0.29, 0.717) is 27.7 Å². The van der Waals surface area contributed by atoms with Crippen LogP contribution in [0, 0.1) is 16.0 Å². The molecule has 0 bridgehead atoms. The second-order valence-corrected chi connectivity index (χ2v) is 9.33. The molecule has 2 heterocycles. The highest BCUT2D eigenvalue weighted by molar-refractivity contribution is 9.10. The van der Waals surface area contributed by atoms with Gasteiger partial charge in [-0.15, -0.1) is 0 Å². The highest BCUT2D eigenvalue weighted by Crippen LogP contribution is 2.50. The van der Waals surface area contributed by atoms with Crippen LogP contribution >= 0.6 is 27.5 Å². The van der Waals surface area contributed by atoms with Crippen molar-refractivity contribution in [1.29, 1.82) is 0 Å². The molecule has 2 fully saturated rings. The fourth-order valence-corrected chi connectivity index (χ4v) is 4.98. The van der Waals surface area contributed by atoms with Gasteiger partial charge in [0.15, 0.2) is 6.10 Å². The Kier molecular flexibility index (Phi) is 5.96. The fourth-order valence-electron chi connectivity index (χ4n) is 4.48. The van der Waals surface area contributed by atoms with Crippen LogP contribution in [0.2, 0.25) is 5.02 Å². The summed E-state index contributed by atoms with van der Waals surface area (Å²) in [4.78, 5) is 45.1. The lowest BCUT2D eigenvalue weighted by molar-refractivity contribution is -0.384. The maximum atomic E-state index is 13.7. The zero-order valence-electron chi connectivity index (χ0n) is 18.1. The molecule has 0 spiro atoms. The predicted molar refractivity (Wildman–Crippen MR) is 131 cm³/mol. The number of hydrogen-bond donors (Lipinski definition) is 0. The van der Waals surface area contributed by atoms with E-state index in [9.17, 15) is 19.7 Å². The topological polar surface area (TPSA) is 102 Å². The first-order chi connectivity index (χ1) is 16.8. The number of ether oxygens (including phenoxy) is 1. The van der Waals surface area contributed by atoms with Crippen LogP contribution in [0.15, 0.2) is 71.2 Å². The SMILES string of the molecule is COc1ccc(Br)cc1[C@@H]1[C@H]2C(=O)N(c3ccc(Cl)cc3)C(=O)[C@@H]2ON1c1cccc([N+](=O)[O-])c1. The van der Waals surface area contributed by atoms with Crippen LogP contribution in [0.25, 0.3) is 0 Å². The molecule has 3 aromatic carbocycles. The highest BCUT2D eigenvalue weighted by Gasteiger charge is 2.60. The van der Waals surface area contributed by atoms with Gasteiger partial charge in [-0.1, -0.05) is 33.6 Å². The zero-order chi connectivity index (χ0) is 24.9. The molecular formula is C24H17BrClN3O6. The smallest absolute Gasteiger partial charge is 0.271 e. The van der Waals surface area contributed by atoms with E-state index in [1.54, 1.807) is 48.5 Å². The van der Waals surface area contributed by atoms with Crippen molar-refractivity contribution in [3.63, 3.8) is 0 Å². The molecule has 0 unspecified atom stereocenters. The summed E-state index contributed by atoms with van der Waals surface area (Å²) in [5.74, 6) is -1.44. The average molecular weight is 559 g/mol. The van der Waals surface area contributed by atoms with Gasteiger partial charge in [0.2, 0.25) is 5.91 Å². The Morgan fingerprint density at radius 3 is 2.46 bits per heavy atom. The third-order valence-electron chi connectivity index (χ3n) is 6.01. The molecule has 9 nitrogen and oxygen atoms in total. The normalized spacial score (nSPS) is 21.4. The van der Waals surface area contributed by atoms with Gasteiger partial charge < -0.3 is 4.74 Å². The molecule has 178 valence electrons. The Balaban J connectivity index is 1.64. The summed E-state index contributed by atoms with van der Waals surface area (Å²) < 4.78 is 6.28. The molecule has 35 heavy (non-hydrogen) atoms. The number of carbonyl (C=O) groups is 2. The molecule has 3 atom stereocenters. The van der Waals surface area contributed by atoms with E-state index in [1.165, 1.54) is 30.4 Å². The van der Waals surface area contributed by atoms with E-state index in [1.807, 2.05) is 0 Å². The molecule has 2 aliphatic rings. The first-order valence-corrected chi connectivity index (χ1v) is 11.6. The van der Waals surface area contributed by atoms with Gasteiger partial charge in [-0.2, -0.15) is 0 Å². The number of nitro benzene ring substituents is 1. The largest absolute Gasteiger partial charge is 0.496 e. The Hall–Kier alpha value is -3.47. The molecule has 2 amide bonds. The summed E-state index contributed by atoms with van der Waals surface area (Å²) in [5, 5.41) is 13.2. The minimum atomic E-state index is -1.13. The van der Waals surface area contributed by atoms with Gasteiger partial charge in [-0.05, 0) is 48.5 Å². The number of rotatable bonds is 5. The van der Waals surface area contributed by atoms with Crippen molar-refractivity contribution >= 4 is 56.4 Å². The molecule has 0 radical (unpaired) electrons. The van der Waals surface area contributed by atoms with Crippen molar-refractivity contribution < 1.29 is 24.1 Å². The van der Waals surface area contributed by atoms with Gasteiger partial charge in [-0.25, -0.2) is 9.96 Å². The molecule has 2 aliphatic heterocycles. The Morgan fingerprint density at radius 1 is 1.03 bits per heavy atom. The van der Waals surface area contributed by atoms with Crippen LogP contribution < -0.4 is 14.7 Å². The van der Waals surface area contributed by atoms with E-state index in [0.717, 1.165) is 9.37 Å². The number of fused-ring (bicyclic) bond motifs is 1. The first kappa shape index (κ1) is 23.3. The molecule has 0 N–H and O–H groups in total. The Bertz CT molecular complexity index is 1350. The molecule has 0 saturated carbocycles. The molecule has 3 aromatic rings. The van der Waals surface area contributed by atoms with Crippen molar-refractivity contribution in [3.05, 3.63) is 91.9 Å². The van der Waals surface area contributed by atoms with E-state index in [2.05, 4.69) is 15.9 Å². The Morgan fingerprint density at radius 2 is 1.77 bits per heavy atom. The number of nitro groups is 1. The molecule has 0 aromatic heterocycles. The van der Waals surface area contributed by atoms with Gasteiger partial charge in [0.1, 0.15) is 11.7 Å². The lowest BCUT2D eigenvalue weighted by Gasteiger charge is -2.29. The monoisotopic (exact) mass is 557 g/mol. The average Bonchev–Trinajstić information content (AvgIpc) is 3.36. The third kappa shape index (κ3) is 3.93. The standard InChI is InChI=1S/C24H17BrClN3O6/c1-34-19-10-5-13(25)11-18(19)21-20-22(35-28(21)16-3-2-4-17(12-16)29(32)33)24(31)27(23(20)30)15-8-6-14(26)7-9-15/h2-12,20-22H,1H3/t20-,21-,22-/m1/s1. The number of halogens is 2. The van der Waals surface area contributed by atoms with Crippen LogP contribution in [0.1, 0.15) is 11.6 Å². The number of hydroxylamine groups is 1. The van der Waals surface area contributed by atoms with E-state index < -0.39 is 34.8 Å². The van der Waals surface area contributed by atoms with Crippen molar-refractivity contribution in [2.75, 3.05) is 17.1 Å². The molecule has 5 rings (SSSR count). The number of amides is 2. The number of methoxy groups -OCH3 is 1. The van der Waals surface area contributed by atoms with Crippen LogP contribution in [0.4, 0.5) is 17.1 Å². The van der Waals surface area contributed by atoms with Crippen molar-refractivity contribution in [2.24, 2.45) is 5.92 Å². The van der Waals surface area contributed by atoms with E-state index >= 15 is 0 Å². The van der Waals surface area contributed by atoms with Gasteiger partial charge in [0.25, 0.3) is 11.6 Å². The van der Waals surface area contributed by atoms with Gasteiger partial charge >= 0.3 is 0 Å². The molecular weight excluding hydrogens is 542 g/mol.